The lowest BCUT2D eigenvalue weighted by Gasteiger charge is -1.98. The summed E-state index contributed by atoms with van der Waals surface area (Å²) in [7, 11) is 0. The second-order valence-corrected chi connectivity index (χ2v) is 5.25. The van der Waals surface area contributed by atoms with Crippen molar-refractivity contribution in [2.24, 2.45) is 15.9 Å². The van der Waals surface area contributed by atoms with Crippen LogP contribution in [0.2, 0.25) is 0 Å². The SMILES string of the molecule is NC(=NN=Cc1ccc(-c2ccccc2[N+](=O)[O-])o1)c1ccc(O)cc1. The summed E-state index contributed by atoms with van der Waals surface area (Å²) in [5.74, 6) is 1.03. The summed E-state index contributed by atoms with van der Waals surface area (Å²) >= 11 is 0. The van der Waals surface area contributed by atoms with Gasteiger partial charge in [0.1, 0.15) is 17.3 Å². The van der Waals surface area contributed by atoms with Crippen molar-refractivity contribution in [1.82, 2.24) is 0 Å². The summed E-state index contributed by atoms with van der Waals surface area (Å²) in [6, 6.07) is 15.8. The zero-order valence-corrected chi connectivity index (χ0v) is 13.4. The van der Waals surface area contributed by atoms with E-state index < -0.39 is 4.92 Å². The monoisotopic (exact) mass is 350 g/mol. The van der Waals surface area contributed by atoms with Gasteiger partial charge >= 0.3 is 0 Å². The average Bonchev–Trinajstić information content (AvgIpc) is 3.11. The molecule has 2 aromatic carbocycles. The third-order valence-corrected chi connectivity index (χ3v) is 3.51. The Morgan fingerprint density at radius 3 is 2.58 bits per heavy atom. The van der Waals surface area contributed by atoms with E-state index in [2.05, 4.69) is 10.2 Å². The van der Waals surface area contributed by atoms with Crippen LogP contribution in [0.4, 0.5) is 5.69 Å². The molecule has 3 aromatic rings. The summed E-state index contributed by atoms with van der Waals surface area (Å²) in [5.41, 5.74) is 6.76. The van der Waals surface area contributed by atoms with E-state index in [0.29, 0.717) is 22.6 Å². The Balaban J connectivity index is 1.78. The Kier molecular flexibility index (Phi) is 4.75. The van der Waals surface area contributed by atoms with Crippen LogP contribution in [0, 0.1) is 10.1 Å². The molecule has 0 aliphatic heterocycles. The van der Waals surface area contributed by atoms with Crippen molar-refractivity contribution in [2.45, 2.75) is 0 Å². The molecule has 0 aliphatic carbocycles. The molecule has 0 saturated heterocycles. The minimum Gasteiger partial charge on any atom is -0.508 e. The molecule has 3 rings (SSSR count). The number of nitrogens with zero attached hydrogens (tertiary/aromatic N) is 3. The molecule has 1 aromatic heterocycles. The van der Waals surface area contributed by atoms with E-state index in [9.17, 15) is 15.2 Å². The topological polar surface area (TPSA) is 127 Å². The number of nitrogens with two attached hydrogens (primary N) is 1. The molecule has 0 saturated carbocycles. The van der Waals surface area contributed by atoms with Crippen molar-refractivity contribution in [3.63, 3.8) is 0 Å². The summed E-state index contributed by atoms with van der Waals surface area (Å²) in [5, 5.41) is 28.1. The van der Waals surface area contributed by atoms with Crippen LogP contribution in [-0.2, 0) is 0 Å². The van der Waals surface area contributed by atoms with E-state index in [1.165, 1.54) is 24.4 Å². The van der Waals surface area contributed by atoms with Crippen molar-refractivity contribution in [1.29, 1.82) is 0 Å². The van der Waals surface area contributed by atoms with Crippen LogP contribution in [-0.4, -0.2) is 22.1 Å². The molecule has 8 nitrogen and oxygen atoms in total. The molecule has 0 spiro atoms. The zero-order chi connectivity index (χ0) is 18.5. The molecule has 130 valence electrons. The minimum absolute atomic E-state index is 0.0417. The highest BCUT2D eigenvalue weighted by atomic mass is 16.6. The van der Waals surface area contributed by atoms with Crippen molar-refractivity contribution in [2.75, 3.05) is 0 Å². The van der Waals surface area contributed by atoms with Crippen LogP contribution in [0.15, 0.2) is 75.3 Å². The first kappa shape index (κ1) is 16.9. The molecule has 0 fully saturated rings. The molecular weight excluding hydrogens is 336 g/mol. The van der Waals surface area contributed by atoms with Gasteiger partial charge in [-0.3, -0.25) is 10.1 Å². The molecule has 0 aliphatic rings. The summed E-state index contributed by atoms with van der Waals surface area (Å²) in [4.78, 5) is 10.6. The molecule has 1 heterocycles. The first-order chi connectivity index (χ1) is 12.5. The van der Waals surface area contributed by atoms with Crippen LogP contribution >= 0.6 is 0 Å². The summed E-state index contributed by atoms with van der Waals surface area (Å²) < 4.78 is 5.57. The predicted octanol–water partition coefficient (Wildman–Crippen LogP) is 3.30. The van der Waals surface area contributed by atoms with E-state index in [-0.39, 0.29) is 17.3 Å². The smallest absolute Gasteiger partial charge is 0.280 e. The number of nitro benzene ring substituents is 1. The Hall–Kier alpha value is -3.94. The lowest BCUT2D eigenvalue weighted by atomic mass is 10.1. The zero-order valence-electron chi connectivity index (χ0n) is 13.4. The number of nitro groups is 1. The fourth-order valence-corrected chi connectivity index (χ4v) is 2.25. The molecule has 0 radical (unpaired) electrons. The summed E-state index contributed by atoms with van der Waals surface area (Å²) in [6.45, 7) is 0. The number of hydrogen-bond acceptors (Lipinski definition) is 6. The van der Waals surface area contributed by atoms with Gasteiger partial charge in [-0.1, -0.05) is 12.1 Å². The highest BCUT2D eigenvalue weighted by Crippen LogP contribution is 2.30. The third kappa shape index (κ3) is 3.75. The number of benzene rings is 2. The van der Waals surface area contributed by atoms with Gasteiger partial charge in [-0.05, 0) is 42.5 Å². The lowest BCUT2D eigenvalue weighted by molar-refractivity contribution is -0.384. The number of rotatable bonds is 5. The van der Waals surface area contributed by atoms with Gasteiger partial charge in [0.2, 0.25) is 0 Å². The maximum atomic E-state index is 11.1. The van der Waals surface area contributed by atoms with Gasteiger partial charge in [0.05, 0.1) is 16.7 Å². The van der Waals surface area contributed by atoms with Gasteiger partial charge in [-0.2, -0.15) is 5.10 Å². The molecular formula is C18H14N4O4. The van der Waals surface area contributed by atoms with Crippen LogP contribution in [0.1, 0.15) is 11.3 Å². The number of phenols is 1. The van der Waals surface area contributed by atoms with Crippen LogP contribution < -0.4 is 5.73 Å². The normalized spacial score (nSPS) is 11.8. The van der Waals surface area contributed by atoms with E-state index in [1.807, 2.05) is 0 Å². The molecule has 0 atom stereocenters. The number of amidine groups is 1. The molecule has 26 heavy (non-hydrogen) atoms. The minimum atomic E-state index is -0.464. The largest absolute Gasteiger partial charge is 0.508 e. The fraction of sp³-hybridized carbons (Fsp3) is 0. The van der Waals surface area contributed by atoms with Gasteiger partial charge in [0, 0.05) is 11.6 Å². The van der Waals surface area contributed by atoms with Crippen molar-refractivity contribution >= 4 is 17.7 Å². The maximum absolute atomic E-state index is 11.1. The Morgan fingerprint density at radius 2 is 1.85 bits per heavy atom. The van der Waals surface area contributed by atoms with E-state index in [0.717, 1.165) is 0 Å². The van der Waals surface area contributed by atoms with E-state index in [4.69, 9.17) is 10.2 Å². The van der Waals surface area contributed by atoms with Gasteiger partial charge in [-0.15, -0.1) is 5.10 Å². The molecule has 0 amide bonds. The standard InChI is InChI=1S/C18H14N4O4/c19-18(12-5-7-13(23)8-6-12)21-20-11-14-9-10-17(26-14)15-3-1-2-4-16(15)22(24)25/h1-11,23H,(H2,19,21). The molecule has 8 heteroatoms. The number of phenolic OH excluding ortho intramolecular Hbond substituents is 1. The van der Waals surface area contributed by atoms with Crippen molar-refractivity contribution in [3.05, 3.63) is 82.1 Å². The van der Waals surface area contributed by atoms with Crippen LogP contribution in [0.5, 0.6) is 5.75 Å². The number of aromatic hydroxyl groups is 1. The molecule has 0 unspecified atom stereocenters. The first-order valence-electron chi connectivity index (χ1n) is 7.54. The van der Waals surface area contributed by atoms with Crippen LogP contribution in [0.25, 0.3) is 11.3 Å². The maximum Gasteiger partial charge on any atom is 0.280 e. The van der Waals surface area contributed by atoms with Gasteiger partial charge in [-0.25, -0.2) is 0 Å². The second-order valence-electron chi connectivity index (χ2n) is 5.25. The van der Waals surface area contributed by atoms with Crippen molar-refractivity contribution in [3.8, 4) is 17.1 Å². The Morgan fingerprint density at radius 1 is 1.12 bits per heavy atom. The Bertz CT molecular complexity index is 990. The number of para-hydroxylation sites is 1. The lowest BCUT2D eigenvalue weighted by Crippen LogP contribution is -2.12. The van der Waals surface area contributed by atoms with Gasteiger partial charge in [0.15, 0.2) is 5.84 Å². The predicted molar refractivity (Wildman–Crippen MR) is 97.2 cm³/mol. The average molecular weight is 350 g/mol. The number of furan rings is 1. The van der Waals surface area contributed by atoms with E-state index in [1.54, 1.807) is 42.5 Å². The van der Waals surface area contributed by atoms with Crippen LogP contribution in [0.3, 0.4) is 0 Å². The van der Waals surface area contributed by atoms with E-state index >= 15 is 0 Å². The highest BCUT2D eigenvalue weighted by Gasteiger charge is 2.16. The van der Waals surface area contributed by atoms with Gasteiger partial charge in [0.25, 0.3) is 5.69 Å². The summed E-state index contributed by atoms with van der Waals surface area (Å²) in [6.07, 6.45) is 1.35. The number of hydrogen-bond donors (Lipinski definition) is 2. The Labute approximate surface area is 148 Å². The van der Waals surface area contributed by atoms with Crippen molar-refractivity contribution < 1.29 is 14.4 Å². The molecule has 3 N–H and O–H groups in total. The highest BCUT2D eigenvalue weighted by molar-refractivity contribution is 5.97. The second kappa shape index (κ2) is 7.31. The molecule has 0 bridgehead atoms. The van der Waals surface area contributed by atoms with Gasteiger partial charge < -0.3 is 15.3 Å². The fourth-order valence-electron chi connectivity index (χ4n) is 2.25. The first-order valence-corrected chi connectivity index (χ1v) is 7.54. The third-order valence-electron chi connectivity index (χ3n) is 3.51. The quantitative estimate of drug-likeness (QED) is 0.316.